The smallest absolute Gasteiger partial charge is 0.417 e. The second-order valence-electron chi connectivity index (χ2n) is 9.87. The third kappa shape index (κ3) is 7.60. The van der Waals surface area contributed by atoms with Gasteiger partial charge in [0.05, 0.1) is 12.7 Å². The maximum atomic E-state index is 13.7. The zero-order chi connectivity index (χ0) is 29.9. The monoisotopic (exact) mass is 578 g/mol. The lowest BCUT2D eigenvalue weighted by Crippen LogP contribution is -2.40. The summed E-state index contributed by atoms with van der Waals surface area (Å²) in [6.07, 6.45) is -4.62. The number of carbonyl (C=O) groups is 2. The van der Waals surface area contributed by atoms with E-state index in [1.807, 2.05) is 0 Å². The molecule has 0 fully saturated rings. The van der Waals surface area contributed by atoms with Crippen LogP contribution in [0.15, 0.2) is 65.6 Å². The Kier molecular flexibility index (Phi) is 8.95. The molecule has 0 aliphatic carbocycles. The summed E-state index contributed by atoms with van der Waals surface area (Å²) in [5.41, 5.74) is -1.03. The number of nitrogens with one attached hydrogen (secondary N) is 2. The summed E-state index contributed by atoms with van der Waals surface area (Å²) in [6, 6.07) is 13.0. The second-order valence-corrected chi connectivity index (χ2v) is 11.5. The molecule has 0 radical (unpaired) electrons. The van der Waals surface area contributed by atoms with Crippen molar-refractivity contribution in [2.45, 2.75) is 50.9 Å². The number of methoxy groups -OCH3 is 1. The van der Waals surface area contributed by atoms with Gasteiger partial charge in [-0.1, -0.05) is 24.3 Å². The lowest BCUT2D eigenvalue weighted by Gasteiger charge is -2.21. The number of hydrogen-bond donors (Lipinski definition) is 2. The van der Waals surface area contributed by atoms with Gasteiger partial charge in [-0.3, -0.25) is 9.59 Å². The third-order valence-corrected chi connectivity index (χ3v) is 7.27. The van der Waals surface area contributed by atoms with Crippen LogP contribution in [0.25, 0.3) is 11.1 Å². The highest BCUT2D eigenvalue weighted by atomic mass is 32.2. The first kappa shape index (κ1) is 30.6. The molecule has 214 valence electrons. The molecule has 0 spiro atoms. The van der Waals surface area contributed by atoms with Crippen LogP contribution >= 0.6 is 0 Å². The van der Waals surface area contributed by atoms with Gasteiger partial charge in [0.1, 0.15) is 17.3 Å². The predicted molar refractivity (Wildman–Crippen MR) is 143 cm³/mol. The van der Waals surface area contributed by atoms with Crippen LogP contribution in [0, 0.1) is 0 Å². The van der Waals surface area contributed by atoms with Gasteiger partial charge in [-0.2, -0.15) is 13.2 Å². The molecule has 12 heteroatoms. The first-order valence-electron chi connectivity index (χ1n) is 12.0. The number of alkyl halides is 3. The van der Waals surface area contributed by atoms with Gasteiger partial charge in [0, 0.05) is 23.7 Å². The Balaban J connectivity index is 1.97. The summed E-state index contributed by atoms with van der Waals surface area (Å²) in [5, 5.41) is 2.64. The first-order chi connectivity index (χ1) is 18.5. The van der Waals surface area contributed by atoms with E-state index >= 15 is 0 Å². The van der Waals surface area contributed by atoms with E-state index in [1.165, 1.54) is 68.6 Å². The topological polar surface area (TPSA) is 111 Å². The summed E-state index contributed by atoms with van der Waals surface area (Å²) >= 11 is 0. The number of halogens is 3. The van der Waals surface area contributed by atoms with E-state index in [1.54, 1.807) is 20.8 Å². The molecule has 0 aliphatic rings. The van der Waals surface area contributed by atoms with Crippen LogP contribution in [0.4, 0.5) is 18.9 Å². The molecule has 1 amide bonds. The lowest BCUT2D eigenvalue weighted by atomic mass is 9.94. The number of sulfonamides is 1. The van der Waals surface area contributed by atoms with Crippen LogP contribution in [0.5, 0.6) is 5.75 Å². The number of rotatable bonds is 8. The minimum Gasteiger partial charge on any atom is -0.495 e. The fraction of sp³-hybridized carbons (Fsp3) is 0.286. The number of amides is 1. The zero-order valence-corrected chi connectivity index (χ0v) is 23.3. The van der Waals surface area contributed by atoms with Crippen molar-refractivity contribution < 1.29 is 40.7 Å². The largest absolute Gasteiger partial charge is 0.495 e. The molecule has 8 nitrogen and oxygen atoms in total. The summed E-state index contributed by atoms with van der Waals surface area (Å²) < 4.78 is 79.4. The van der Waals surface area contributed by atoms with Crippen molar-refractivity contribution >= 4 is 27.6 Å². The molecule has 40 heavy (non-hydrogen) atoms. The van der Waals surface area contributed by atoms with E-state index in [-0.39, 0.29) is 45.2 Å². The van der Waals surface area contributed by atoms with Crippen molar-refractivity contribution in [1.82, 2.24) is 4.72 Å². The molecule has 3 aromatic carbocycles. The van der Waals surface area contributed by atoms with Crippen LogP contribution in [-0.2, 0) is 32.3 Å². The summed E-state index contributed by atoms with van der Waals surface area (Å²) in [6.45, 7) is 5.88. The maximum Gasteiger partial charge on any atom is 0.417 e. The minimum absolute atomic E-state index is 0.0564. The Hall–Kier alpha value is -3.90. The molecule has 3 rings (SSSR count). The quantitative estimate of drug-likeness (QED) is 0.328. The van der Waals surface area contributed by atoms with E-state index < -0.39 is 39.2 Å². The predicted octanol–water partition coefficient (Wildman–Crippen LogP) is 5.77. The fourth-order valence-corrected chi connectivity index (χ4v) is 5.46. The molecule has 0 aliphatic heterocycles. The van der Waals surface area contributed by atoms with Crippen molar-refractivity contribution in [3.05, 3.63) is 77.4 Å². The average Bonchev–Trinajstić information content (AvgIpc) is 2.85. The number of ether oxygens (including phenoxy) is 2. The molecule has 0 saturated carbocycles. The summed E-state index contributed by atoms with van der Waals surface area (Å²) in [5.74, 6) is -1.32. The number of esters is 1. The van der Waals surface area contributed by atoms with E-state index in [2.05, 4.69) is 10.0 Å². The number of hydrogen-bond acceptors (Lipinski definition) is 6. The Bertz CT molecular complexity index is 1530. The second kappa shape index (κ2) is 11.7. The van der Waals surface area contributed by atoms with Gasteiger partial charge in [0.2, 0.25) is 10.0 Å². The molecule has 0 bridgehead atoms. The molecule has 2 N–H and O–H groups in total. The summed E-state index contributed by atoms with van der Waals surface area (Å²) in [7, 11) is -2.68. The van der Waals surface area contributed by atoms with Gasteiger partial charge in [-0.15, -0.1) is 0 Å². The minimum atomic E-state index is -4.62. The number of anilines is 1. The molecular weight excluding hydrogens is 549 g/mol. The van der Waals surface area contributed by atoms with Gasteiger partial charge in [0.25, 0.3) is 5.91 Å². The normalized spacial score (nSPS) is 12.1. The van der Waals surface area contributed by atoms with Crippen molar-refractivity contribution in [1.29, 1.82) is 0 Å². The Morgan fingerprint density at radius 2 is 1.60 bits per heavy atom. The Morgan fingerprint density at radius 3 is 2.20 bits per heavy atom. The van der Waals surface area contributed by atoms with Crippen LogP contribution in [-0.4, -0.2) is 32.9 Å². The van der Waals surface area contributed by atoms with Gasteiger partial charge in [-0.25, -0.2) is 13.1 Å². The fourth-order valence-electron chi connectivity index (χ4n) is 3.89. The van der Waals surface area contributed by atoms with Crippen molar-refractivity contribution in [3.63, 3.8) is 0 Å². The third-order valence-electron chi connectivity index (χ3n) is 5.47. The van der Waals surface area contributed by atoms with E-state index in [4.69, 9.17) is 9.47 Å². The van der Waals surface area contributed by atoms with Crippen molar-refractivity contribution in [2.24, 2.45) is 0 Å². The lowest BCUT2D eigenvalue weighted by molar-refractivity contribution is -0.142. The zero-order valence-electron chi connectivity index (χ0n) is 22.5. The van der Waals surface area contributed by atoms with Crippen LogP contribution in [0.2, 0.25) is 0 Å². The Morgan fingerprint density at radius 1 is 0.925 bits per heavy atom. The van der Waals surface area contributed by atoms with Crippen LogP contribution in [0.1, 0.15) is 49.2 Å². The number of carbonyl (C=O) groups excluding carboxylic acids is 2. The highest BCUT2D eigenvalue weighted by Crippen LogP contribution is 2.39. The molecule has 0 aromatic heterocycles. The summed E-state index contributed by atoms with van der Waals surface area (Å²) in [4.78, 5) is 24.3. The molecule has 0 unspecified atom stereocenters. The standard InChI is InChI=1S/C28H29F3N2O6S/c1-17(34)39-16-19-14-20(11-12-21(19)22-8-6-7-9-23(22)28(29,30)31)32-26(35)18-10-13-25(24(15-18)38-5)40(36,37)33-27(2,3)4/h6-15,33H,16H2,1-5H3,(H,32,35). The number of benzene rings is 3. The Labute approximate surface area is 230 Å². The van der Waals surface area contributed by atoms with E-state index in [9.17, 15) is 31.2 Å². The molecular formula is C28H29F3N2O6S. The highest BCUT2D eigenvalue weighted by Gasteiger charge is 2.34. The van der Waals surface area contributed by atoms with E-state index in [0.717, 1.165) is 6.07 Å². The SMILES string of the molecule is COc1cc(C(=O)Nc2ccc(-c3ccccc3C(F)(F)F)c(COC(C)=O)c2)ccc1S(=O)(=O)NC(C)(C)C. The van der Waals surface area contributed by atoms with Gasteiger partial charge >= 0.3 is 12.1 Å². The molecule has 0 atom stereocenters. The average molecular weight is 579 g/mol. The van der Waals surface area contributed by atoms with Crippen LogP contribution in [0.3, 0.4) is 0 Å². The van der Waals surface area contributed by atoms with Crippen molar-refractivity contribution in [3.8, 4) is 16.9 Å². The molecule has 0 saturated heterocycles. The van der Waals surface area contributed by atoms with Gasteiger partial charge in [-0.05, 0) is 73.9 Å². The van der Waals surface area contributed by atoms with Gasteiger partial charge < -0.3 is 14.8 Å². The molecule has 0 heterocycles. The van der Waals surface area contributed by atoms with Crippen molar-refractivity contribution in [2.75, 3.05) is 12.4 Å². The van der Waals surface area contributed by atoms with E-state index in [0.29, 0.717) is 0 Å². The maximum absolute atomic E-state index is 13.7. The first-order valence-corrected chi connectivity index (χ1v) is 13.5. The van der Waals surface area contributed by atoms with Gasteiger partial charge in [0.15, 0.2) is 0 Å². The van der Waals surface area contributed by atoms with Crippen LogP contribution < -0.4 is 14.8 Å². The highest BCUT2D eigenvalue weighted by molar-refractivity contribution is 7.89. The molecule has 3 aromatic rings.